The summed E-state index contributed by atoms with van der Waals surface area (Å²) in [5.74, 6) is -0.381. The lowest BCUT2D eigenvalue weighted by Crippen LogP contribution is -2.23. The number of nitrogens with one attached hydrogen (secondary N) is 1. The fraction of sp³-hybridized carbons (Fsp3) is 0.500. The van der Waals surface area contributed by atoms with Crippen LogP contribution >= 0.6 is 0 Å². The molecule has 1 unspecified atom stereocenters. The lowest BCUT2D eigenvalue weighted by atomic mass is 10.2. The van der Waals surface area contributed by atoms with Crippen LogP contribution in [0.3, 0.4) is 0 Å². The highest BCUT2D eigenvalue weighted by molar-refractivity contribution is 5.88. The summed E-state index contributed by atoms with van der Waals surface area (Å²) < 4.78 is 10.1. The Morgan fingerprint density at radius 2 is 2.29 bits per heavy atom. The van der Waals surface area contributed by atoms with Gasteiger partial charge in [0.25, 0.3) is 0 Å². The van der Waals surface area contributed by atoms with Crippen molar-refractivity contribution in [3.63, 3.8) is 0 Å². The first-order valence-corrected chi connectivity index (χ1v) is 5.46. The summed E-state index contributed by atoms with van der Waals surface area (Å²) in [5, 5.41) is 3.03. The van der Waals surface area contributed by atoms with E-state index in [0.29, 0.717) is 12.2 Å². The molecule has 5 heteroatoms. The monoisotopic (exact) mass is 238 g/mol. The van der Waals surface area contributed by atoms with Crippen molar-refractivity contribution in [2.75, 3.05) is 20.7 Å². The van der Waals surface area contributed by atoms with E-state index in [1.807, 2.05) is 14.0 Å². The molecule has 0 aliphatic carbocycles. The minimum absolute atomic E-state index is 0.127. The summed E-state index contributed by atoms with van der Waals surface area (Å²) in [6.07, 6.45) is 1.62. The van der Waals surface area contributed by atoms with Crippen LogP contribution in [-0.4, -0.2) is 37.8 Å². The van der Waals surface area contributed by atoms with Crippen LogP contribution in [0.15, 0.2) is 18.3 Å². The Kier molecular flexibility index (Phi) is 5.59. The number of hydrogen-bond donors (Lipinski definition) is 1. The maximum absolute atomic E-state index is 11.2. The Morgan fingerprint density at radius 3 is 2.82 bits per heavy atom. The highest BCUT2D eigenvalue weighted by Crippen LogP contribution is 2.04. The van der Waals surface area contributed by atoms with Crippen molar-refractivity contribution in [3.05, 3.63) is 29.6 Å². The van der Waals surface area contributed by atoms with Gasteiger partial charge in [-0.15, -0.1) is 0 Å². The van der Waals surface area contributed by atoms with Crippen LogP contribution in [-0.2, 0) is 16.1 Å². The van der Waals surface area contributed by atoms with E-state index >= 15 is 0 Å². The number of ether oxygens (including phenoxy) is 2. The fourth-order valence-electron chi connectivity index (χ4n) is 1.32. The third kappa shape index (κ3) is 4.50. The largest absolute Gasteiger partial charge is 0.465 e. The summed E-state index contributed by atoms with van der Waals surface area (Å²) >= 11 is 0. The number of aromatic nitrogens is 1. The molecule has 0 radical (unpaired) electrons. The van der Waals surface area contributed by atoms with Crippen LogP contribution in [0.4, 0.5) is 0 Å². The number of likely N-dealkylation sites (N-methyl/N-ethyl adjacent to an activating group) is 1. The summed E-state index contributed by atoms with van der Waals surface area (Å²) in [6, 6.07) is 3.44. The molecule has 0 amide bonds. The molecule has 0 saturated carbocycles. The first-order valence-electron chi connectivity index (χ1n) is 5.46. The second-order valence-corrected chi connectivity index (χ2v) is 3.71. The van der Waals surface area contributed by atoms with Gasteiger partial charge in [-0.25, -0.2) is 4.79 Å². The standard InChI is InChI=1S/C12H18N2O3/c1-9(6-13-2)17-8-11-5-4-10(7-14-11)12(15)16-3/h4-5,7,9,13H,6,8H2,1-3H3. The topological polar surface area (TPSA) is 60.5 Å². The molecule has 0 fully saturated rings. The van der Waals surface area contributed by atoms with E-state index in [4.69, 9.17) is 4.74 Å². The molecule has 1 atom stereocenters. The number of nitrogens with zero attached hydrogens (tertiary/aromatic N) is 1. The van der Waals surface area contributed by atoms with Crippen LogP contribution in [0, 0.1) is 0 Å². The lowest BCUT2D eigenvalue weighted by molar-refractivity contribution is 0.0522. The van der Waals surface area contributed by atoms with E-state index in [1.54, 1.807) is 12.1 Å². The third-order valence-electron chi connectivity index (χ3n) is 2.25. The van der Waals surface area contributed by atoms with Gasteiger partial charge in [0.15, 0.2) is 0 Å². The molecule has 94 valence electrons. The highest BCUT2D eigenvalue weighted by Gasteiger charge is 2.06. The van der Waals surface area contributed by atoms with Gasteiger partial charge in [0.1, 0.15) is 0 Å². The van der Waals surface area contributed by atoms with Crippen molar-refractivity contribution in [1.82, 2.24) is 10.3 Å². The average molecular weight is 238 g/mol. The fourth-order valence-corrected chi connectivity index (χ4v) is 1.32. The molecule has 1 N–H and O–H groups in total. The zero-order valence-electron chi connectivity index (χ0n) is 10.4. The van der Waals surface area contributed by atoms with E-state index in [9.17, 15) is 4.79 Å². The summed E-state index contributed by atoms with van der Waals surface area (Å²) in [4.78, 5) is 15.3. The molecular weight excluding hydrogens is 220 g/mol. The van der Waals surface area contributed by atoms with Gasteiger partial charge in [-0.3, -0.25) is 4.98 Å². The van der Waals surface area contributed by atoms with Crippen molar-refractivity contribution in [2.45, 2.75) is 19.6 Å². The number of esters is 1. The number of pyridine rings is 1. The van der Waals surface area contributed by atoms with Gasteiger partial charge >= 0.3 is 5.97 Å². The van der Waals surface area contributed by atoms with Gasteiger partial charge in [-0.1, -0.05) is 0 Å². The molecule has 17 heavy (non-hydrogen) atoms. The van der Waals surface area contributed by atoms with E-state index in [1.165, 1.54) is 13.3 Å². The molecule has 5 nitrogen and oxygen atoms in total. The number of rotatable bonds is 6. The van der Waals surface area contributed by atoms with Crippen molar-refractivity contribution in [1.29, 1.82) is 0 Å². The van der Waals surface area contributed by atoms with Crippen LogP contribution in [0.5, 0.6) is 0 Å². The molecule has 1 heterocycles. The average Bonchev–Trinajstić information content (AvgIpc) is 2.36. The van der Waals surface area contributed by atoms with E-state index < -0.39 is 0 Å². The molecule has 0 aliphatic heterocycles. The summed E-state index contributed by atoms with van der Waals surface area (Å²) in [5.41, 5.74) is 1.24. The summed E-state index contributed by atoms with van der Waals surface area (Å²) in [6.45, 7) is 3.21. The Balaban J connectivity index is 2.48. The van der Waals surface area contributed by atoms with E-state index in [0.717, 1.165) is 12.2 Å². The Bertz CT molecular complexity index is 351. The summed E-state index contributed by atoms with van der Waals surface area (Å²) in [7, 11) is 3.22. The van der Waals surface area contributed by atoms with Crippen molar-refractivity contribution >= 4 is 5.97 Å². The molecule has 0 aliphatic rings. The zero-order chi connectivity index (χ0) is 12.7. The van der Waals surface area contributed by atoms with Gasteiger partial charge in [0.2, 0.25) is 0 Å². The molecule has 0 saturated heterocycles. The molecule has 0 bridgehead atoms. The number of carbonyl (C=O) groups is 1. The van der Waals surface area contributed by atoms with Crippen LogP contribution in [0.1, 0.15) is 23.0 Å². The first kappa shape index (κ1) is 13.6. The molecule has 0 aromatic carbocycles. The van der Waals surface area contributed by atoms with Gasteiger partial charge in [0.05, 0.1) is 31.1 Å². The van der Waals surface area contributed by atoms with Gasteiger partial charge < -0.3 is 14.8 Å². The van der Waals surface area contributed by atoms with Crippen molar-refractivity contribution in [3.8, 4) is 0 Å². The maximum atomic E-state index is 11.2. The second kappa shape index (κ2) is 6.98. The number of carbonyl (C=O) groups excluding carboxylic acids is 1. The molecule has 0 spiro atoms. The predicted octanol–water partition coefficient (Wildman–Crippen LogP) is 0.993. The second-order valence-electron chi connectivity index (χ2n) is 3.71. The smallest absolute Gasteiger partial charge is 0.339 e. The molecular formula is C12H18N2O3. The van der Waals surface area contributed by atoms with Crippen molar-refractivity contribution < 1.29 is 14.3 Å². The van der Waals surface area contributed by atoms with E-state index in [-0.39, 0.29) is 12.1 Å². The Labute approximate surface area is 101 Å². The maximum Gasteiger partial charge on any atom is 0.339 e. The Morgan fingerprint density at radius 1 is 1.53 bits per heavy atom. The van der Waals surface area contributed by atoms with E-state index in [2.05, 4.69) is 15.0 Å². The first-order chi connectivity index (χ1) is 8.17. The number of methoxy groups -OCH3 is 1. The zero-order valence-corrected chi connectivity index (χ0v) is 10.4. The van der Waals surface area contributed by atoms with Gasteiger partial charge in [0, 0.05) is 12.7 Å². The number of hydrogen-bond acceptors (Lipinski definition) is 5. The Hall–Kier alpha value is -1.46. The highest BCUT2D eigenvalue weighted by atomic mass is 16.5. The van der Waals surface area contributed by atoms with Crippen LogP contribution in [0.25, 0.3) is 0 Å². The minimum atomic E-state index is -0.381. The quantitative estimate of drug-likeness (QED) is 0.749. The SMILES string of the molecule is CNCC(C)OCc1ccc(C(=O)OC)cn1. The molecule has 1 aromatic heterocycles. The predicted molar refractivity (Wildman–Crippen MR) is 63.8 cm³/mol. The van der Waals surface area contributed by atoms with Crippen LogP contribution in [0.2, 0.25) is 0 Å². The lowest BCUT2D eigenvalue weighted by Gasteiger charge is -2.11. The van der Waals surface area contributed by atoms with Crippen molar-refractivity contribution in [2.24, 2.45) is 0 Å². The molecule has 1 aromatic rings. The van der Waals surface area contributed by atoms with Gasteiger partial charge in [-0.05, 0) is 26.1 Å². The van der Waals surface area contributed by atoms with Crippen LogP contribution < -0.4 is 5.32 Å². The minimum Gasteiger partial charge on any atom is -0.465 e. The van der Waals surface area contributed by atoms with Gasteiger partial charge in [-0.2, -0.15) is 0 Å². The normalized spacial score (nSPS) is 12.2. The third-order valence-corrected chi connectivity index (χ3v) is 2.25. The molecule has 1 rings (SSSR count).